The molecule has 0 saturated carbocycles. The number of nitrogens with two attached hydrogens (primary N) is 1. The molecule has 1 heterocycles. The first-order valence-electron chi connectivity index (χ1n) is 5.76. The Kier molecular flexibility index (Phi) is 2.72. The molecule has 5 heteroatoms. The number of halogens is 1. The van der Waals surface area contributed by atoms with Gasteiger partial charge < -0.3 is 5.73 Å². The molecule has 1 aromatic heterocycles. The first kappa shape index (κ1) is 11.4. The lowest BCUT2D eigenvalue weighted by atomic mass is 10.1. The van der Waals surface area contributed by atoms with E-state index in [0.717, 1.165) is 5.69 Å². The molecule has 3 rings (SSSR count). The largest absolute Gasteiger partial charge is 0.399 e. The van der Waals surface area contributed by atoms with Crippen molar-refractivity contribution in [3.8, 4) is 17.1 Å². The number of hydrogen-bond acceptors (Lipinski definition) is 3. The second kappa shape index (κ2) is 4.53. The van der Waals surface area contributed by atoms with E-state index in [0.29, 0.717) is 17.1 Å². The van der Waals surface area contributed by atoms with Gasteiger partial charge in [0, 0.05) is 11.4 Å². The molecule has 0 fully saturated rings. The lowest BCUT2D eigenvalue weighted by Gasteiger charge is -2.07. The molecule has 2 aromatic carbocycles. The van der Waals surface area contributed by atoms with Crippen molar-refractivity contribution in [3.05, 3.63) is 60.7 Å². The Balaban J connectivity index is 2.18. The van der Waals surface area contributed by atoms with E-state index in [4.69, 9.17) is 5.73 Å². The summed E-state index contributed by atoms with van der Waals surface area (Å²) in [5, 5.41) is 7.83. The topological polar surface area (TPSA) is 56.7 Å². The van der Waals surface area contributed by atoms with Crippen LogP contribution in [-0.4, -0.2) is 14.8 Å². The van der Waals surface area contributed by atoms with Crippen molar-refractivity contribution >= 4 is 5.69 Å². The molecule has 0 saturated heterocycles. The van der Waals surface area contributed by atoms with Gasteiger partial charge >= 0.3 is 0 Å². The van der Waals surface area contributed by atoms with Crippen LogP contribution in [0.15, 0.2) is 54.9 Å². The van der Waals surface area contributed by atoms with Gasteiger partial charge in [0.15, 0.2) is 5.82 Å². The zero-order valence-corrected chi connectivity index (χ0v) is 9.99. The highest BCUT2D eigenvalue weighted by molar-refractivity contribution is 5.63. The third kappa shape index (κ3) is 2.06. The summed E-state index contributed by atoms with van der Waals surface area (Å²) in [6, 6.07) is 13.9. The minimum atomic E-state index is -0.376. The lowest BCUT2D eigenvalue weighted by molar-refractivity contribution is 0.629. The molecule has 0 radical (unpaired) electrons. The summed E-state index contributed by atoms with van der Waals surface area (Å²) in [4.78, 5) is 0. The van der Waals surface area contributed by atoms with Crippen molar-refractivity contribution < 1.29 is 4.39 Å². The molecular weight excluding hydrogens is 243 g/mol. The van der Waals surface area contributed by atoms with Crippen LogP contribution in [0.1, 0.15) is 0 Å². The van der Waals surface area contributed by atoms with Crippen LogP contribution < -0.4 is 5.73 Å². The maximum Gasteiger partial charge on any atom is 0.171 e. The summed E-state index contributed by atoms with van der Waals surface area (Å²) in [6.45, 7) is 0. The SMILES string of the molecule is Nc1ccc(F)c(-c2nncn2-c2ccccc2)c1. The minimum Gasteiger partial charge on any atom is -0.399 e. The van der Waals surface area contributed by atoms with Crippen LogP contribution in [-0.2, 0) is 0 Å². The van der Waals surface area contributed by atoms with E-state index in [2.05, 4.69) is 10.2 Å². The lowest BCUT2D eigenvalue weighted by Crippen LogP contribution is -1.98. The fourth-order valence-corrected chi connectivity index (χ4v) is 1.91. The van der Waals surface area contributed by atoms with Crippen LogP contribution in [0.4, 0.5) is 10.1 Å². The monoisotopic (exact) mass is 254 g/mol. The van der Waals surface area contributed by atoms with E-state index in [1.165, 1.54) is 12.1 Å². The van der Waals surface area contributed by atoms with Gasteiger partial charge in [0.25, 0.3) is 0 Å². The first-order valence-corrected chi connectivity index (χ1v) is 5.76. The standard InChI is InChI=1S/C14H11FN4/c15-13-7-6-10(16)8-12(13)14-18-17-9-19(14)11-4-2-1-3-5-11/h1-9H,16H2. The summed E-state index contributed by atoms with van der Waals surface area (Å²) < 4.78 is 15.6. The van der Waals surface area contributed by atoms with Crippen LogP contribution in [0.5, 0.6) is 0 Å². The van der Waals surface area contributed by atoms with E-state index in [1.54, 1.807) is 17.0 Å². The van der Waals surface area contributed by atoms with Crippen LogP contribution in [0.2, 0.25) is 0 Å². The maximum atomic E-state index is 13.9. The molecule has 0 amide bonds. The van der Waals surface area contributed by atoms with Gasteiger partial charge in [-0.1, -0.05) is 18.2 Å². The van der Waals surface area contributed by atoms with Gasteiger partial charge in [0.05, 0.1) is 5.56 Å². The summed E-state index contributed by atoms with van der Waals surface area (Å²) >= 11 is 0. The second-order valence-corrected chi connectivity index (χ2v) is 4.10. The molecule has 0 aliphatic heterocycles. The van der Waals surface area contributed by atoms with Crippen molar-refractivity contribution in [3.63, 3.8) is 0 Å². The van der Waals surface area contributed by atoms with Gasteiger partial charge in [-0.2, -0.15) is 0 Å². The van der Waals surface area contributed by atoms with E-state index in [-0.39, 0.29) is 5.82 Å². The average molecular weight is 254 g/mol. The van der Waals surface area contributed by atoms with Gasteiger partial charge in [-0.25, -0.2) is 4.39 Å². The fourth-order valence-electron chi connectivity index (χ4n) is 1.91. The van der Waals surface area contributed by atoms with Crippen LogP contribution in [0, 0.1) is 5.82 Å². The molecule has 0 bridgehead atoms. The number of anilines is 1. The quantitative estimate of drug-likeness (QED) is 0.715. The van der Waals surface area contributed by atoms with E-state index < -0.39 is 0 Å². The number of aromatic nitrogens is 3. The summed E-state index contributed by atoms with van der Waals surface area (Å²) in [6.07, 6.45) is 1.55. The first-order chi connectivity index (χ1) is 9.25. The van der Waals surface area contributed by atoms with Gasteiger partial charge in [0.1, 0.15) is 12.1 Å². The van der Waals surface area contributed by atoms with Crippen LogP contribution >= 0.6 is 0 Å². The Morgan fingerprint density at radius 3 is 2.63 bits per heavy atom. The molecule has 3 aromatic rings. The van der Waals surface area contributed by atoms with Crippen molar-refractivity contribution in [2.75, 3.05) is 5.73 Å². The normalized spacial score (nSPS) is 10.6. The van der Waals surface area contributed by atoms with Crippen molar-refractivity contribution in [2.45, 2.75) is 0 Å². The third-order valence-corrected chi connectivity index (χ3v) is 2.81. The predicted octanol–water partition coefficient (Wildman–Crippen LogP) is 2.66. The Morgan fingerprint density at radius 1 is 1.05 bits per heavy atom. The van der Waals surface area contributed by atoms with Crippen molar-refractivity contribution in [2.24, 2.45) is 0 Å². The number of benzene rings is 2. The van der Waals surface area contributed by atoms with Crippen molar-refractivity contribution in [1.82, 2.24) is 14.8 Å². The molecule has 0 unspecified atom stereocenters. The van der Waals surface area contributed by atoms with E-state index in [9.17, 15) is 4.39 Å². The number of nitrogen functional groups attached to an aromatic ring is 1. The second-order valence-electron chi connectivity index (χ2n) is 4.10. The van der Waals surface area contributed by atoms with Gasteiger partial charge in [-0.05, 0) is 30.3 Å². The number of para-hydroxylation sites is 1. The van der Waals surface area contributed by atoms with Gasteiger partial charge in [-0.3, -0.25) is 4.57 Å². The molecule has 2 N–H and O–H groups in total. The van der Waals surface area contributed by atoms with Gasteiger partial charge in [0.2, 0.25) is 0 Å². The average Bonchev–Trinajstić information content (AvgIpc) is 2.91. The Morgan fingerprint density at radius 2 is 1.84 bits per heavy atom. The molecule has 19 heavy (non-hydrogen) atoms. The minimum absolute atomic E-state index is 0.335. The Hall–Kier alpha value is -2.69. The smallest absolute Gasteiger partial charge is 0.171 e. The molecule has 0 spiro atoms. The molecule has 0 atom stereocenters. The van der Waals surface area contributed by atoms with E-state index in [1.807, 2.05) is 30.3 Å². The zero-order valence-electron chi connectivity index (χ0n) is 9.99. The third-order valence-electron chi connectivity index (χ3n) is 2.81. The highest BCUT2D eigenvalue weighted by atomic mass is 19.1. The maximum absolute atomic E-state index is 13.9. The molecule has 94 valence electrons. The molecule has 4 nitrogen and oxygen atoms in total. The van der Waals surface area contributed by atoms with E-state index >= 15 is 0 Å². The predicted molar refractivity (Wildman–Crippen MR) is 71.2 cm³/mol. The van der Waals surface area contributed by atoms with Crippen LogP contribution in [0.25, 0.3) is 17.1 Å². The number of rotatable bonds is 2. The van der Waals surface area contributed by atoms with Crippen LogP contribution in [0.3, 0.4) is 0 Å². The summed E-state index contributed by atoms with van der Waals surface area (Å²) in [7, 11) is 0. The highest BCUT2D eigenvalue weighted by Crippen LogP contribution is 2.25. The Labute approximate surface area is 109 Å². The summed E-state index contributed by atoms with van der Waals surface area (Å²) in [5.74, 6) is 0.0513. The highest BCUT2D eigenvalue weighted by Gasteiger charge is 2.13. The number of hydrogen-bond donors (Lipinski definition) is 1. The fraction of sp³-hybridized carbons (Fsp3) is 0. The van der Waals surface area contributed by atoms with Crippen molar-refractivity contribution in [1.29, 1.82) is 0 Å². The summed E-state index contributed by atoms with van der Waals surface area (Å²) in [5.41, 5.74) is 7.38. The number of nitrogens with zero attached hydrogens (tertiary/aromatic N) is 3. The van der Waals surface area contributed by atoms with Gasteiger partial charge in [-0.15, -0.1) is 10.2 Å². The molecule has 0 aliphatic carbocycles. The zero-order chi connectivity index (χ0) is 13.2. The Bertz CT molecular complexity index is 706. The molecule has 0 aliphatic rings. The molecular formula is C14H11FN4.